The molecule has 0 radical (unpaired) electrons. The molecule has 0 amide bonds. The minimum atomic E-state index is -0.519. The normalized spacial score (nSPS) is 10.3. The van der Waals surface area contributed by atoms with Crippen molar-refractivity contribution in [1.82, 2.24) is 10.2 Å². The van der Waals surface area contributed by atoms with Gasteiger partial charge in [0.1, 0.15) is 0 Å². The zero-order chi connectivity index (χ0) is 17.1. The third kappa shape index (κ3) is 3.29. The Bertz CT molecular complexity index is 967. The summed E-state index contributed by atoms with van der Waals surface area (Å²) >= 11 is 4.34. The topological polar surface area (TPSA) is 106 Å². The number of nitro groups is 1. The summed E-state index contributed by atoms with van der Waals surface area (Å²) in [5.41, 5.74) is 0.908. The molecule has 1 heterocycles. The van der Waals surface area contributed by atoms with Crippen LogP contribution in [-0.2, 0) is 0 Å². The Hall–Kier alpha value is -2.70. The van der Waals surface area contributed by atoms with Crippen molar-refractivity contribution in [3.05, 3.63) is 62.6 Å². The molecule has 0 bridgehead atoms. The van der Waals surface area contributed by atoms with Crippen LogP contribution in [0.4, 0.5) is 5.69 Å². The molecule has 0 unspecified atom stereocenters. The number of aromatic nitrogens is 2. The second kappa shape index (κ2) is 6.82. The van der Waals surface area contributed by atoms with Crippen molar-refractivity contribution in [2.24, 2.45) is 0 Å². The van der Waals surface area contributed by atoms with E-state index in [0.717, 1.165) is 21.8 Å². The van der Waals surface area contributed by atoms with Gasteiger partial charge in [-0.3, -0.25) is 10.1 Å². The first-order valence-electron chi connectivity index (χ1n) is 6.53. The molecule has 0 spiro atoms. The van der Waals surface area contributed by atoms with E-state index in [4.69, 9.17) is 9.68 Å². The highest BCUT2D eigenvalue weighted by Crippen LogP contribution is 2.36. The van der Waals surface area contributed by atoms with Crippen LogP contribution < -0.4 is 0 Å². The van der Waals surface area contributed by atoms with Crippen LogP contribution in [-0.4, -0.2) is 15.1 Å². The lowest BCUT2D eigenvalue weighted by Gasteiger charge is -2.00. The van der Waals surface area contributed by atoms with E-state index in [1.54, 1.807) is 0 Å². The van der Waals surface area contributed by atoms with Gasteiger partial charge in [0.2, 0.25) is 5.89 Å². The molecule has 9 heteroatoms. The van der Waals surface area contributed by atoms with Crippen LogP contribution in [0.25, 0.3) is 11.5 Å². The molecule has 0 atom stereocenters. The van der Waals surface area contributed by atoms with Crippen molar-refractivity contribution in [2.75, 3.05) is 0 Å². The monoisotopic (exact) mass is 402 g/mol. The summed E-state index contributed by atoms with van der Waals surface area (Å²) in [7, 11) is 0. The van der Waals surface area contributed by atoms with Gasteiger partial charge in [0.15, 0.2) is 0 Å². The molecule has 0 aliphatic rings. The van der Waals surface area contributed by atoms with Crippen molar-refractivity contribution < 1.29 is 9.34 Å². The van der Waals surface area contributed by atoms with Crippen LogP contribution in [0.1, 0.15) is 5.56 Å². The summed E-state index contributed by atoms with van der Waals surface area (Å²) < 4.78 is 6.36. The summed E-state index contributed by atoms with van der Waals surface area (Å²) in [6.07, 6.45) is 0. The van der Waals surface area contributed by atoms with Crippen LogP contribution in [0.3, 0.4) is 0 Å². The second-order valence-electron chi connectivity index (χ2n) is 4.51. The summed E-state index contributed by atoms with van der Waals surface area (Å²) in [5, 5.41) is 28.1. The lowest BCUT2D eigenvalue weighted by Crippen LogP contribution is -1.91. The molecule has 2 aromatic carbocycles. The smallest absolute Gasteiger partial charge is 0.283 e. The summed E-state index contributed by atoms with van der Waals surface area (Å²) in [6.45, 7) is 0. The van der Waals surface area contributed by atoms with E-state index in [1.165, 1.54) is 18.2 Å². The fraction of sp³-hybridized carbons (Fsp3) is 0. The Labute approximate surface area is 148 Å². The van der Waals surface area contributed by atoms with E-state index in [9.17, 15) is 10.1 Å². The molecule has 24 heavy (non-hydrogen) atoms. The van der Waals surface area contributed by atoms with Crippen molar-refractivity contribution in [2.45, 2.75) is 10.1 Å². The minimum Gasteiger partial charge on any atom is -0.411 e. The lowest BCUT2D eigenvalue weighted by molar-refractivity contribution is -0.387. The van der Waals surface area contributed by atoms with Gasteiger partial charge in [-0.15, -0.1) is 10.2 Å². The standard InChI is InChI=1S/C15H7BrN4O3S/c16-11-4-2-1-3-10(11)14-18-19-15(23-14)24-13-7-9(8-17)5-6-12(13)20(21)22/h1-7H. The number of nitrogens with zero attached hydrogens (tertiary/aromatic N) is 4. The Morgan fingerprint density at radius 1 is 1.25 bits per heavy atom. The molecule has 0 N–H and O–H groups in total. The number of rotatable bonds is 4. The molecule has 0 saturated heterocycles. The van der Waals surface area contributed by atoms with Crippen LogP contribution >= 0.6 is 27.7 Å². The van der Waals surface area contributed by atoms with Crippen LogP contribution in [0.2, 0.25) is 0 Å². The number of hydrogen-bond acceptors (Lipinski definition) is 7. The molecular weight excluding hydrogens is 396 g/mol. The van der Waals surface area contributed by atoms with Gasteiger partial charge in [-0.05, 0) is 52.0 Å². The molecule has 0 fully saturated rings. The van der Waals surface area contributed by atoms with E-state index >= 15 is 0 Å². The molecule has 1 aromatic heterocycles. The fourth-order valence-electron chi connectivity index (χ4n) is 1.90. The van der Waals surface area contributed by atoms with E-state index in [-0.39, 0.29) is 15.8 Å². The zero-order valence-electron chi connectivity index (χ0n) is 11.8. The first kappa shape index (κ1) is 16.2. The third-order valence-corrected chi connectivity index (χ3v) is 4.57. The Morgan fingerprint density at radius 3 is 2.75 bits per heavy atom. The minimum absolute atomic E-state index is 0.125. The van der Waals surface area contributed by atoms with Gasteiger partial charge in [0.05, 0.1) is 27.0 Å². The van der Waals surface area contributed by atoms with Crippen LogP contribution in [0.15, 0.2) is 61.5 Å². The third-order valence-electron chi connectivity index (χ3n) is 2.99. The van der Waals surface area contributed by atoms with Gasteiger partial charge in [-0.2, -0.15) is 5.26 Å². The molecule has 0 aliphatic carbocycles. The maximum absolute atomic E-state index is 11.1. The predicted molar refractivity (Wildman–Crippen MR) is 89.4 cm³/mol. The van der Waals surface area contributed by atoms with Gasteiger partial charge >= 0.3 is 0 Å². The van der Waals surface area contributed by atoms with Gasteiger partial charge < -0.3 is 4.42 Å². The molecule has 7 nitrogen and oxygen atoms in total. The number of nitro benzene ring substituents is 1. The SMILES string of the molecule is N#Cc1ccc([N+](=O)[O-])c(Sc2nnc(-c3ccccc3Br)o2)c1. The largest absolute Gasteiger partial charge is 0.411 e. The first-order valence-corrected chi connectivity index (χ1v) is 8.14. The van der Waals surface area contributed by atoms with Gasteiger partial charge in [0, 0.05) is 10.5 Å². The van der Waals surface area contributed by atoms with Crippen molar-refractivity contribution in [3.8, 4) is 17.5 Å². The summed E-state index contributed by atoms with van der Waals surface area (Å²) in [5.74, 6) is 0.295. The highest BCUT2D eigenvalue weighted by Gasteiger charge is 2.19. The maximum Gasteiger partial charge on any atom is 0.283 e. The van der Waals surface area contributed by atoms with Crippen molar-refractivity contribution in [3.63, 3.8) is 0 Å². The first-order chi connectivity index (χ1) is 11.6. The lowest BCUT2D eigenvalue weighted by atomic mass is 10.2. The maximum atomic E-state index is 11.1. The molecule has 3 rings (SSSR count). The quantitative estimate of drug-likeness (QED) is 0.469. The highest BCUT2D eigenvalue weighted by atomic mass is 79.9. The van der Waals surface area contributed by atoms with Crippen LogP contribution in [0, 0.1) is 21.4 Å². The Balaban J connectivity index is 1.95. The molecular formula is C15H7BrN4O3S. The Kier molecular flexibility index (Phi) is 4.59. The van der Waals surface area contributed by atoms with Gasteiger partial charge in [-0.1, -0.05) is 12.1 Å². The van der Waals surface area contributed by atoms with E-state index in [0.29, 0.717) is 11.5 Å². The highest BCUT2D eigenvalue weighted by molar-refractivity contribution is 9.10. The summed E-state index contributed by atoms with van der Waals surface area (Å²) in [6, 6.07) is 13.4. The number of hydrogen-bond donors (Lipinski definition) is 0. The fourth-order valence-corrected chi connectivity index (χ4v) is 3.18. The van der Waals surface area contributed by atoms with Crippen molar-refractivity contribution >= 4 is 33.4 Å². The van der Waals surface area contributed by atoms with E-state index in [2.05, 4.69) is 26.1 Å². The van der Waals surface area contributed by atoms with E-state index in [1.807, 2.05) is 30.3 Å². The van der Waals surface area contributed by atoms with Crippen LogP contribution in [0.5, 0.6) is 0 Å². The van der Waals surface area contributed by atoms with Gasteiger partial charge in [-0.25, -0.2) is 0 Å². The summed E-state index contributed by atoms with van der Waals surface area (Å²) in [4.78, 5) is 10.9. The molecule has 118 valence electrons. The number of benzene rings is 2. The molecule has 0 saturated carbocycles. The Morgan fingerprint density at radius 2 is 2.04 bits per heavy atom. The zero-order valence-corrected chi connectivity index (χ0v) is 14.2. The predicted octanol–water partition coefficient (Wildman–Crippen LogP) is 4.43. The molecule has 3 aromatic rings. The molecule has 0 aliphatic heterocycles. The average molecular weight is 403 g/mol. The second-order valence-corrected chi connectivity index (χ2v) is 6.35. The number of nitriles is 1. The number of halogens is 1. The van der Waals surface area contributed by atoms with Crippen molar-refractivity contribution in [1.29, 1.82) is 5.26 Å². The van der Waals surface area contributed by atoms with E-state index < -0.39 is 4.92 Å². The van der Waals surface area contributed by atoms with Gasteiger partial charge in [0.25, 0.3) is 10.9 Å². The average Bonchev–Trinajstić information content (AvgIpc) is 3.03.